The Morgan fingerprint density at radius 3 is 2.45 bits per heavy atom. The first-order valence-corrected chi connectivity index (χ1v) is 27.4. The number of ether oxygens (including phenoxy) is 2. The van der Waals surface area contributed by atoms with Crippen molar-refractivity contribution >= 4 is 52.1 Å². The SMILES string of the molecule is CCOc1cc(OC)ccc1CNCC(=O)N1CCCC(c2cccc(C(=O)NCCCCCCCC(=O)N3CCN(CC[C@H](NC(=O)C4(N)CCN(c5ncnc6[nH]ccc56)CC4)c4ccc(Cl)cc4)CC3)c2)C1. The number of piperidine rings is 2. The van der Waals surface area contributed by atoms with Crippen LogP contribution in [-0.4, -0.2) is 145 Å². The fraction of sp³-hybridized carbons (Fsp3) is 0.509. The number of aromatic nitrogens is 3. The molecule has 0 spiro atoms. The van der Waals surface area contributed by atoms with E-state index >= 15 is 0 Å². The normalized spacial score (nSPS) is 17.4. The predicted octanol–water partition coefficient (Wildman–Crippen LogP) is 6.97. The van der Waals surface area contributed by atoms with Crippen molar-refractivity contribution in [2.45, 2.75) is 102 Å². The largest absolute Gasteiger partial charge is 0.497 e. The first-order valence-electron chi connectivity index (χ1n) is 27.0. The van der Waals surface area contributed by atoms with Crippen LogP contribution in [0.3, 0.4) is 0 Å². The molecule has 402 valence electrons. The average molecular weight is 1050 g/mol. The molecule has 8 rings (SSSR count). The molecule has 17 nitrogen and oxygen atoms in total. The van der Waals surface area contributed by atoms with Crippen LogP contribution in [0.2, 0.25) is 5.02 Å². The van der Waals surface area contributed by atoms with Crippen LogP contribution in [0.15, 0.2) is 85.3 Å². The molecule has 0 saturated carbocycles. The Labute approximate surface area is 446 Å². The molecular weight excluding hydrogens is 970 g/mol. The van der Waals surface area contributed by atoms with Gasteiger partial charge < -0.3 is 50.8 Å². The summed E-state index contributed by atoms with van der Waals surface area (Å²) in [4.78, 5) is 74.1. The quantitative estimate of drug-likeness (QED) is 0.0398. The van der Waals surface area contributed by atoms with Crippen molar-refractivity contribution in [3.05, 3.63) is 113 Å². The summed E-state index contributed by atoms with van der Waals surface area (Å²) in [5, 5.41) is 11.3. The van der Waals surface area contributed by atoms with Crippen molar-refractivity contribution in [3.8, 4) is 11.5 Å². The molecule has 0 bridgehead atoms. The lowest BCUT2D eigenvalue weighted by atomic mass is 9.87. The van der Waals surface area contributed by atoms with Crippen LogP contribution in [0.25, 0.3) is 11.0 Å². The molecule has 75 heavy (non-hydrogen) atoms. The third-order valence-corrected chi connectivity index (χ3v) is 15.4. The number of H-pyrrole nitrogens is 1. The van der Waals surface area contributed by atoms with Gasteiger partial charge >= 0.3 is 0 Å². The number of benzene rings is 3. The maximum absolute atomic E-state index is 13.9. The maximum atomic E-state index is 13.9. The highest BCUT2D eigenvalue weighted by atomic mass is 35.5. The molecule has 0 radical (unpaired) electrons. The van der Waals surface area contributed by atoms with Gasteiger partial charge in [-0.05, 0) is 99.4 Å². The number of fused-ring (bicyclic) bond motifs is 1. The summed E-state index contributed by atoms with van der Waals surface area (Å²) in [5.41, 5.74) is 10.3. The zero-order valence-corrected chi connectivity index (χ0v) is 44.6. The lowest BCUT2D eigenvalue weighted by molar-refractivity contribution is -0.133. The fourth-order valence-corrected chi connectivity index (χ4v) is 10.7. The molecular formula is C57H76ClN11O6. The Kier molecular flexibility index (Phi) is 19.8. The zero-order chi connectivity index (χ0) is 52.6. The lowest BCUT2D eigenvalue weighted by Crippen LogP contribution is -2.60. The number of aromatic amines is 1. The van der Waals surface area contributed by atoms with E-state index in [2.05, 4.69) is 46.8 Å². The van der Waals surface area contributed by atoms with E-state index in [4.69, 9.17) is 26.8 Å². The van der Waals surface area contributed by atoms with E-state index in [1.54, 1.807) is 13.4 Å². The number of nitrogens with one attached hydrogen (secondary N) is 4. The number of likely N-dealkylation sites (tertiary alicyclic amines) is 1. The number of methoxy groups -OCH3 is 1. The van der Waals surface area contributed by atoms with Gasteiger partial charge in [0, 0.05) is 113 Å². The van der Waals surface area contributed by atoms with Gasteiger partial charge in [-0.1, -0.05) is 61.2 Å². The highest BCUT2D eigenvalue weighted by molar-refractivity contribution is 6.30. The number of carbonyl (C=O) groups excluding carboxylic acids is 4. The number of hydrogen-bond donors (Lipinski definition) is 5. The molecule has 5 heterocycles. The van der Waals surface area contributed by atoms with Gasteiger partial charge in [-0.2, -0.15) is 0 Å². The van der Waals surface area contributed by atoms with Gasteiger partial charge in [-0.25, -0.2) is 9.97 Å². The van der Waals surface area contributed by atoms with Crippen molar-refractivity contribution in [2.24, 2.45) is 5.73 Å². The van der Waals surface area contributed by atoms with Crippen LogP contribution < -0.4 is 36.1 Å². The Balaban J connectivity index is 0.689. The van der Waals surface area contributed by atoms with Crippen molar-refractivity contribution < 1.29 is 28.7 Å². The number of amides is 4. The van der Waals surface area contributed by atoms with E-state index < -0.39 is 5.54 Å². The molecule has 3 aromatic carbocycles. The Morgan fingerprint density at radius 2 is 1.67 bits per heavy atom. The molecule has 2 aromatic heterocycles. The molecule has 3 aliphatic rings. The second kappa shape index (κ2) is 27.0. The predicted molar refractivity (Wildman–Crippen MR) is 293 cm³/mol. The highest BCUT2D eigenvalue weighted by Crippen LogP contribution is 2.31. The molecule has 5 aromatic rings. The second-order valence-corrected chi connectivity index (χ2v) is 20.7. The van der Waals surface area contributed by atoms with E-state index in [9.17, 15) is 19.2 Å². The van der Waals surface area contributed by atoms with Crippen LogP contribution in [0.1, 0.15) is 117 Å². The van der Waals surface area contributed by atoms with Crippen LogP contribution in [0, 0.1) is 0 Å². The van der Waals surface area contributed by atoms with Gasteiger partial charge in [-0.15, -0.1) is 0 Å². The molecule has 4 amide bonds. The first kappa shape index (κ1) is 55.0. The number of nitrogens with two attached hydrogens (primary N) is 1. The maximum Gasteiger partial charge on any atom is 0.251 e. The van der Waals surface area contributed by atoms with Gasteiger partial charge in [0.15, 0.2) is 0 Å². The molecule has 0 aliphatic carbocycles. The standard InChI is InChI=1S/C57H76ClN11O6/c1-3-75-50-36-47(74-2)20-17-44(50)37-60-38-52(71)69-27-10-13-45(39-69)42-11-9-12-43(35-42)55(72)62-25-8-6-4-5-7-14-51(70)67-33-31-66(32-34-67)28-22-49(41-15-18-46(58)19-16-41)65-56(73)57(59)23-29-68(30-24-57)54-48-21-26-61-53(48)63-40-64-54/h9,11-12,15-21,26,35-36,40,45,49,60H,3-8,10,13-14,22-25,27-34,37-39,59H2,1-2H3,(H,62,72)(H,65,73)(H,61,63,64)/t45?,49-/m0/s1. The average Bonchev–Trinajstić information content (AvgIpc) is 3.94. The number of hydrogen-bond acceptors (Lipinski definition) is 12. The number of rotatable bonds is 24. The van der Waals surface area contributed by atoms with Crippen molar-refractivity contribution in [1.82, 2.24) is 45.6 Å². The minimum absolute atomic E-state index is 0.0627. The van der Waals surface area contributed by atoms with Crippen molar-refractivity contribution in [3.63, 3.8) is 0 Å². The van der Waals surface area contributed by atoms with Gasteiger partial charge in [0.05, 0.1) is 37.2 Å². The summed E-state index contributed by atoms with van der Waals surface area (Å²) in [6.45, 7) is 10.1. The number of nitrogens with zero attached hydrogens (tertiary/aromatic N) is 6. The first-order chi connectivity index (χ1) is 36.5. The van der Waals surface area contributed by atoms with Gasteiger partial charge in [-0.3, -0.25) is 24.1 Å². The summed E-state index contributed by atoms with van der Waals surface area (Å²) in [6, 6.07) is 22.9. The monoisotopic (exact) mass is 1050 g/mol. The van der Waals surface area contributed by atoms with Crippen LogP contribution in [0.4, 0.5) is 5.82 Å². The Morgan fingerprint density at radius 1 is 0.880 bits per heavy atom. The van der Waals surface area contributed by atoms with E-state index in [1.165, 1.54) is 0 Å². The zero-order valence-electron chi connectivity index (χ0n) is 43.8. The van der Waals surface area contributed by atoms with Gasteiger partial charge in [0.25, 0.3) is 5.91 Å². The third-order valence-electron chi connectivity index (χ3n) is 15.2. The molecule has 3 aliphatic heterocycles. The number of carbonyl (C=O) groups is 4. The topological polar surface area (TPSA) is 203 Å². The number of piperazine rings is 1. The smallest absolute Gasteiger partial charge is 0.251 e. The van der Waals surface area contributed by atoms with Crippen LogP contribution in [0.5, 0.6) is 11.5 Å². The van der Waals surface area contributed by atoms with E-state index in [0.717, 1.165) is 116 Å². The third kappa shape index (κ3) is 15.0. The minimum Gasteiger partial charge on any atom is -0.497 e. The Bertz CT molecular complexity index is 2670. The van der Waals surface area contributed by atoms with Gasteiger partial charge in [0.1, 0.15) is 29.3 Å². The summed E-state index contributed by atoms with van der Waals surface area (Å²) < 4.78 is 11.1. The summed E-state index contributed by atoms with van der Waals surface area (Å²) in [7, 11) is 1.63. The number of unbranched alkanes of at least 4 members (excludes halogenated alkanes) is 4. The second-order valence-electron chi connectivity index (χ2n) is 20.3. The van der Waals surface area contributed by atoms with Gasteiger partial charge in [0.2, 0.25) is 17.7 Å². The molecule has 18 heteroatoms. The molecule has 1 unspecified atom stereocenters. The number of halogens is 1. The van der Waals surface area contributed by atoms with Crippen molar-refractivity contribution in [1.29, 1.82) is 0 Å². The number of anilines is 1. The van der Waals surface area contributed by atoms with Crippen molar-refractivity contribution in [2.75, 3.05) is 90.6 Å². The molecule has 3 saturated heterocycles. The lowest BCUT2D eigenvalue weighted by Gasteiger charge is -2.39. The molecule has 2 atom stereocenters. The summed E-state index contributed by atoms with van der Waals surface area (Å²) >= 11 is 6.26. The van der Waals surface area contributed by atoms with Crippen LogP contribution in [-0.2, 0) is 20.9 Å². The van der Waals surface area contributed by atoms with E-state index in [1.807, 2.05) is 89.7 Å². The van der Waals surface area contributed by atoms with E-state index in [0.29, 0.717) is 88.7 Å². The summed E-state index contributed by atoms with van der Waals surface area (Å²) in [5.74, 6) is 2.52. The summed E-state index contributed by atoms with van der Waals surface area (Å²) in [6.07, 6.45) is 12.2. The minimum atomic E-state index is -1.01. The Hall–Kier alpha value is -6.27. The highest BCUT2D eigenvalue weighted by Gasteiger charge is 2.39. The molecule has 6 N–H and O–H groups in total. The fourth-order valence-electron chi connectivity index (χ4n) is 10.6. The van der Waals surface area contributed by atoms with E-state index in [-0.39, 0.29) is 42.1 Å². The molecule has 3 fully saturated rings. The van der Waals surface area contributed by atoms with Crippen LogP contribution >= 0.6 is 11.6 Å².